The summed E-state index contributed by atoms with van der Waals surface area (Å²) >= 11 is 0. The molecule has 3 aromatic carbocycles. The van der Waals surface area contributed by atoms with E-state index in [0.29, 0.717) is 24.5 Å². The lowest BCUT2D eigenvalue weighted by atomic mass is 10.1. The molecule has 7 heteroatoms. The molecule has 0 atom stereocenters. The van der Waals surface area contributed by atoms with Crippen LogP contribution in [0, 0.1) is 0 Å². The number of nitrogens with one attached hydrogen (secondary N) is 1. The van der Waals surface area contributed by atoms with Gasteiger partial charge in [0.15, 0.2) is 11.5 Å². The molecule has 0 aliphatic rings. The van der Waals surface area contributed by atoms with Crippen molar-refractivity contribution >= 4 is 16.9 Å². The van der Waals surface area contributed by atoms with E-state index in [1.807, 2.05) is 42.5 Å². The van der Waals surface area contributed by atoms with Crippen LogP contribution in [0.2, 0.25) is 0 Å². The molecule has 1 aromatic heterocycles. The van der Waals surface area contributed by atoms with Crippen molar-refractivity contribution in [3.8, 4) is 17.2 Å². The Kier molecular flexibility index (Phi) is 9.41. The molecule has 0 spiro atoms. The predicted molar refractivity (Wildman–Crippen MR) is 146 cm³/mol. The number of nitrogens with zero attached hydrogens (tertiary/aromatic N) is 2. The summed E-state index contributed by atoms with van der Waals surface area (Å²) in [4.78, 5) is 17.4. The Balaban J connectivity index is 1.26. The second-order valence-electron chi connectivity index (χ2n) is 8.79. The number of unbranched alkanes of at least 4 members (excludes halogenated alkanes) is 2. The van der Waals surface area contributed by atoms with Crippen LogP contribution in [0.3, 0.4) is 0 Å². The number of aryl methyl sites for hydroxylation is 2. The Bertz CT molecular complexity index is 1300. The molecule has 0 aliphatic carbocycles. The first-order valence-electron chi connectivity index (χ1n) is 12.8. The number of carbonyl (C=O) groups excluding carboxylic acids is 1. The molecule has 0 unspecified atom stereocenters. The molecule has 194 valence electrons. The van der Waals surface area contributed by atoms with Gasteiger partial charge in [-0.15, -0.1) is 0 Å². The van der Waals surface area contributed by atoms with E-state index in [2.05, 4.69) is 28.1 Å². The first-order valence-corrected chi connectivity index (χ1v) is 12.8. The highest BCUT2D eigenvalue weighted by molar-refractivity contribution is 5.96. The maximum atomic E-state index is 12.5. The first kappa shape index (κ1) is 26.1. The summed E-state index contributed by atoms with van der Waals surface area (Å²) in [5, 5.41) is 3.00. The Labute approximate surface area is 218 Å². The SMILES string of the molecule is COc1ccccc1OCCCn1c(CCCCCNC(=O)c2ccccc2OC)nc2ccccc21. The highest BCUT2D eigenvalue weighted by Gasteiger charge is 2.12. The summed E-state index contributed by atoms with van der Waals surface area (Å²) in [6.45, 7) is 2.06. The minimum atomic E-state index is -0.102. The van der Waals surface area contributed by atoms with E-state index in [0.717, 1.165) is 67.0 Å². The van der Waals surface area contributed by atoms with E-state index in [-0.39, 0.29) is 5.91 Å². The van der Waals surface area contributed by atoms with Crippen LogP contribution in [-0.2, 0) is 13.0 Å². The number of carbonyl (C=O) groups is 1. The molecular formula is C30H35N3O4. The predicted octanol–water partition coefficient (Wildman–Crippen LogP) is 5.67. The van der Waals surface area contributed by atoms with E-state index < -0.39 is 0 Å². The fraction of sp³-hybridized carbons (Fsp3) is 0.333. The summed E-state index contributed by atoms with van der Waals surface area (Å²) in [7, 11) is 3.23. The first-order chi connectivity index (χ1) is 18.2. The van der Waals surface area contributed by atoms with Gasteiger partial charge in [-0.2, -0.15) is 0 Å². The fourth-order valence-electron chi connectivity index (χ4n) is 4.42. The summed E-state index contributed by atoms with van der Waals surface area (Å²) < 4.78 is 18.9. The van der Waals surface area contributed by atoms with E-state index in [9.17, 15) is 4.79 Å². The zero-order chi connectivity index (χ0) is 25.9. The zero-order valence-corrected chi connectivity index (χ0v) is 21.6. The molecule has 0 bridgehead atoms. The number of benzene rings is 3. The average Bonchev–Trinajstić information content (AvgIpc) is 3.30. The molecule has 0 aliphatic heterocycles. The normalized spacial score (nSPS) is 10.9. The Morgan fingerprint density at radius 2 is 1.51 bits per heavy atom. The lowest BCUT2D eigenvalue weighted by molar-refractivity contribution is 0.0950. The monoisotopic (exact) mass is 501 g/mol. The van der Waals surface area contributed by atoms with Crippen molar-refractivity contribution < 1.29 is 19.0 Å². The molecule has 1 N–H and O–H groups in total. The molecular weight excluding hydrogens is 466 g/mol. The van der Waals surface area contributed by atoms with Gasteiger partial charge in [0.1, 0.15) is 11.6 Å². The molecule has 1 amide bonds. The van der Waals surface area contributed by atoms with Crippen LogP contribution in [-0.4, -0.2) is 42.8 Å². The molecule has 0 saturated carbocycles. The standard InChI is InChI=1S/C30H35N3O4/c1-35-26-16-8-5-13-23(26)30(34)31-20-11-3-4-19-29-32-24-14-6-7-15-25(24)33(29)21-12-22-37-28-18-10-9-17-27(28)36-2/h5-10,13-18H,3-4,11-12,19-22H2,1-2H3,(H,31,34). The van der Waals surface area contributed by atoms with Gasteiger partial charge in [-0.05, 0) is 55.7 Å². The molecule has 0 radical (unpaired) electrons. The quantitative estimate of drug-likeness (QED) is 0.226. The third kappa shape index (κ3) is 6.82. The Morgan fingerprint density at radius 3 is 2.32 bits per heavy atom. The number of methoxy groups -OCH3 is 2. The van der Waals surface area contributed by atoms with Crippen molar-refractivity contribution in [1.29, 1.82) is 0 Å². The van der Waals surface area contributed by atoms with Crippen LogP contribution in [0.1, 0.15) is 41.9 Å². The number of fused-ring (bicyclic) bond motifs is 1. The van der Waals surface area contributed by atoms with Crippen molar-refractivity contribution in [2.24, 2.45) is 0 Å². The molecule has 37 heavy (non-hydrogen) atoms. The number of rotatable bonds is 14. The lowest BCUT2D eigenvalue weighted by Crippen LogP contribution is -2.24. The van der Waals surface area contributed by atoms with Gasteiger partial charge in [0, 0.05) is 19.5 Å². The number of hydrogen-bond acceptors (Lipinski definition) is 5. The van der Waals surface area contributed by atoms with Gasteiger partial charge < -0.3 is 24.1 Å². The van der Waals surface area contributed by atoms with E-state index in [1.54, 1.807) is 26.4 Å². The van der Waals surface area contributed by atoms with E-state index >= 15 is 0 Å². The summed E-state index contributed by atoms with van der Waals surface area (Å²) in [6.07, 6.45) is 4.68. The summed E-state index contributed by atoms with van der Waals surface area (Å²) in [5.74, 6) is 3.09. The minimum absolute atomic E-state index is 0.102. The van der Waals surface area contributed by atoms with Crippen LogP contribution in [0.5, 0.6) is 17.2 Å². The molecule has 1 heterocycles. The van der Waals surface area contributed by atoms with Gasteiger partial charge in [-0.25, -0.2) is 4.98 Å². The highest BCUT2D eigenvalue weighted by atomic mass is 16.5. The second-order valence-corrected chi connectivity index (χ2v) is 8.79. The molecule has 0 saturated heterocycles. The maximum absolute atomic E-state index is 12.5. The van der Waals surface area contributed by atoms with Gasteiger partial charge in [0.05, 0.1) is 37.4 Å². The number of imidazole rings is 1. The fourth-order valence-corrected chi connectivity index (χ4v) is 4.42. The Hall–Kier alpha value is -4.00. The second kappa shape index (κ2) is 13.3. The van der Waals surface area contributed by atoms with Gasteiger partial charge in [-0.1, -0.05) is 42.8 Å². The van der Waals surface area contributed by atoms with Crippen LogP contribution in [0.15, 0.2) is 72.8 Å². The van der Waals surface area contributed by atoms with Crippen molar-refractivity contribution in [2.45, 2.75) is 38.6 Å². The third-order valence-electron chi connectivity index (χ3n) is 6.30. The highest BCUT2D eigenvalue weighted by Crippen LogP contribution is 2.26. The summed E-state index contributed by atoms with van der Waals surface area (Å²) in [6, 6.07) is 23.3. The number of amides is 1. The number of ether oxygens (including phenoxy) is 3. The summed E-state index contributed by atoms with van der Waals surface area (Å²) in [5.41, 5.74) is 2.74. The van der Waals surface area contributed by atoms with Crippen LogP contribution < -0.4 is 19.5 Å². The lowest BCUT2D eigenvalue weighted by Gasteiger charge is -2.12. The van der Waals surface area contributed by atoms with Gasteiger partial charge in [0.2, 0.25) is 0 Å². The topological polar surface area (TPSA) is 74.6 Å². The maximum Gasteiger partial charge on any atom is 0.255 e. The average molecular weight is 502 g/mol. The van der Waals surface area contributed by atoms with Crippen molar-refractivity contribution in [3.05, 3.63) is 84.2 Å². The van der Waals surface area contributed by atoms with Crippen LogP contribution >= 0.6 is 0 Å². The molecule has 4 rings (SSSR count). The van der Waals surface area contributed by atoms with Crippen molar-refractivity contribution in [2.75, 3.05) is 27.4 Å². The zero-order valence-electron chi connectivity index (χ0n) is 21.6. The van der Waals surface area contributed by atoms with Gasteiger partial charge in [0.25, 0.3) is 5.91 Å². The number of aromatic nitrogens is 2. The van der Waals surface area contributed by atoms with Crippen LogP contribution in [0.4, 0.5) is 0 Å². The Morgan fingerprint density at radius 1 is 0.811 bits per heavy atom. The molecule has 7 nitrogen and oxygen atoms in total. The van der Waals surface area contributed by atoms with Gasteiger partial charge >= 0.3 is 0 Å². The van der Waals surface area contributed by atoms with E-state index in [1.165, 1.54) is 0 Å². The number of para-hydroxylation sites is 5. The van der Waals surface area contributed by atoms with E-state index in [4.69, 9.17) is 19.2 Å². The number of hydrogen-bond donors (Lipinski definition) is 1. The largest absolute Gasteiger partial charge is 0.496 e. The van der Waals surface area contributed by atoms with Crippen LogP contribution in [0.25, 0.3) is 11.0 Å². The third-order valence-corrected chi connectivity index (χ3v) is 6.30. The smallest absolute Gasteiger partial charge is 0.255 e. The van der Waals surface area contributed by atoms with Crippen molar-refractivity contribution in [1.82, 2.24) is 14.9 Å². The van der Waals surface area contributed by atoms with Gasteiger partial charge in [-0.3, -0.25) is 4.79 Å². The minimum Gasteiger partial charge on any atom is -0.496 e. The molecule has 0 fully saturated rings. The molecule has 4 aromatic rings. The van der Waals surface area contributed by atoms with Crippen molar-refractivity contribution in [3.63, 3.8) is 0 Å².